The Hall–Kier alpha value is -1.57. The van der Waals surface area contributed by atoms with Gasteiger partial charge in [-0.15, -0.1) is 0 Å². The average molecular weight is 216 g/mol. The molecule has 0 amide bonds. The van der Waals surface area contributed by atoms with Gasteiger partial charge >= 0.3 is 5.97 Å². The molecule has 2 nitrogen and oxygen atoms in total. The predicted molar refractivity (Wildman–Crippen MR) is 63.1 cm³/mol. The Morgan fingerprint density at radius 2 is 2.00 bits per heavy atom. The van der Waals surface area contributed by atoms with Gasteiger partial charge in [0.25, 0.3) is 0 Å². The minimum Gasteiger partial charge on any atom is -0.426 e. The van der Waals surface area contributed by atoms with Crippen molar-refractivity contribution in [3.63, 3.8) is 0 Å². The van der Waals surface area contributed by atoms with E-state index in [-0.39, 0.29) is 17.3 Å². The van der Waals surface area contributed by atoms with Gasteiger partial charge in [-0.2, -0.15) is 0 Å². The van der Waals surface area contributed by atoms with Crippen LogP contribution in [0, 0.1) is 11.3 Å². The van der Waals surface area contributed by atoms with E-state index in [4.69, 9.17) is 4.74 Å². The number of benzene rings is 1. The lowest BCUT2D eigenvalue weighted by atomic mass is 9.59. The van der Waals surface area contributed by atoms with Gasteiger partial charge in [0.2, 0.25) is 0 Å². The molecule has 0 aliphatic heterocycles. The van der Waals surface area contributed by atoms with Crippen molar-refractivity contribution in [1.29, 1.82) is 0 Å². The molecule has 1 aromatic rings. The van der Waals surface area contributed by atoms with E-state index in [9.17, 15) is 4.79 Å². The summed E-state index contributed by atoms with van der Waals surface area (Å²) in [6.45, 7) is 8.02. The van der Waals surface area contributed by atoms with Crippen molar-refractivity contribution in [2.24, 2.45) is 11.3 Å². The van der Waals surface area contributed by atoms with Crippen molar-refractivity contribution in [1.82, 2.24) is 0 Å². The lowest BCUT2D eigenvalue weighted by Crippen LogP contribution is -2.44. The topological polar surface area (TPSA) is 26.3 Å². The largest absolute Gasteiger partial charge is 0.426 e. The molecule has 1 aliphatic carbocycles. The van der Waals surface area contributed by atoms with Crippen LogP contribution in [0.5, 0.6) is 5.75 Å². The Kier molecular flexibility index (Phi) is 2.58. The molecule has 1 saturated carbocycles. The average Bonchev–Trinajstić information content (AvgIpc) is 2.27. The standard InChI is InChI=1S/C14H16O2/c1-10-9-12(14(10,2)3)13(15)16-11-7-5-4-6-8-11/h4-8,12H,1,9H2,2-3H3. The molecule has 1 unspecified atom stereocenters. The Balaban J connectivity index is 2.03. The van der Waals surface area contributed by atoms with Crippen LogP contribution in [0.1, 0.15) is 20.3 Å². The van der Waals surface area contributed by atoms with Crippen molar-refractivity contribution in [2.45, 2.75) is 20.3 Å². The van der Waals surface area contributed by atoms with Gasteiger partial charge in [0.05, 0.1) is 5.92 Å². The smallest absolute Gasteiger partial charge is 0.315 e. The van der Waals surface area contributed by atoms with Crippen molar-refractivity contribution in [3.8, 4) is 5.75 Å². The van der Waals surface area contributed by atoms with Gasteiger partial charge in [-0.05, 0) is 24.0 Å². The fourth-order valence-electron chi connectivity index (χ4n) is 1.93. The minimum atomic E-state index is -0.149. The zero-order valence-corrected chi connectivity index (χ0v) is 9.69. The van der Waals surface area contributed by atoms with Crippen molar-refractivity contribution < 1.29 is 9.53 Å². The molecule has 1 atom stereocenters. The third kappa shape index (κ3) is 1.75. The second kappa shape index (κ2) is 3.78. The second-order valence-electron chi connectivity index (χ2n) is 4.82. The number of carbonyl (C=O) groups is 1. The maximum atomic E-state index is 11.9. The molecular formula is C14H16O2. The van der Waals surface area contributed by atoms with Gasteiger partial charge in [-0.25, -0.2) is 0 Å². The summed E-state index contributed by atoms with van der Waals surface area (Å²) in [5.41, 5.74) is 1.01. The van der Waals surface area contributed by atoms with Crippen LogP contribution >= 0.6 is 0 Å². The van der Waals surface area contributed by atoms with Crippen LogP contribution in [0.2, 0.25) is 0 Å². The van der Waals surface area contributed by atoms with Crippen LogP contribution in [-0.4, -0.2) is 5.97 Å². The summed E-state index contributed by atoms with van der Waals surface area (Å²) < 4.78 is 5.32. The molecule has 16 heavy (non-hydrogen) atoms. The molecule has 1 aromatic carbocycles. The molecule has 0 radical (unpaired) electrons. The molecule has 1 aliphatic rings. The molecule has 84 valence electrons. The highest BCUT2D eigenvalue weighted by Gasteiger charge is 2.47. The first kappa shape index (κ1) is 10.9. The number of allylic oxidation sites excluding steroid dienone is 1. The number of hydrogen-bond donors (Lipinski definition) is 0. The number of ether oxygens (including phenoxy) is 1. The number of esters is 1. The highest BCUT2D eigenvalue weighted by molar-refractivity contribution is 5.78. The molecule has 1 fully saturated rings. The fourth-order valence-corrected chi connectivity index (χ4v) is 1.93. The summed E-state index contributed by atoms with van der Waals surface area (Å²) in [6, 6.07) is 9.18. The molecule has 2 heteroatoms. The Labute approximate surface area is 95.9 Å². The van der Waals surface area contributed by atoms with Gasteiger partial charge in [-0.1, -0.05) is 44.2 Å². The van der Waals surface area contributed by atoms with E-state index in [2.05, 4.69) is 6.58 Å². The van der Waals surface area contributed by atoms with E-state index in [1.54, 1.807) is 12.1 Å². The van der Waals surface area contributed by atoms with E-state index in [1.807, 2.05) is 32.0 Å². The molecule has 0 spiro atoms. The Morgan fingerprint density at radius 3 is 2.50 bits per heavy atom. The summed E-state index contributed by atoms with van der Waals surface area (Å²) >= 11 is 0. The van der Waals surface area contributed by atoms with E-state index < -0.39 is 0 Å². The second-order valence-corrected chi connectivity index (χ2v) is 4.82. The van der Waals surface area contributed by atoms with E-state index in [1.165, 1.54) is 0 Å². The number of para-hydroxylation sites is 1. The Morgan fingerprint density at radius 1 is 1.38 bits per heavy atom. The van der Waals surface area contributed by atoms with Gasteiger partial charge in [0.1, 0.15) is 5.75 Å². The molecular weight excluding hydrogens is 200 g/mol. The first-order valence-electron chi connectivity index (χ1n) is 5.47. The van der Waals surface area contributed by atoms with Gasteiger partial charge < -0.3 is 4.74 Å². The zero-order chi connectivity index (χ0) is 11.8. The van der Waals surface area contributed by atoms with Gasteiger partial charge in [0, 0.05) is 0 Å². The zero-order valence-electron chi connectivity index (χ0n) is 9.69. The molecule has 0 saturated heterocycles. The molecule has 0 N–H and O–H groups in total. The number of rotatable bonds is 2. The van der Waals surface area contributed by atoms with Crippen LogP contribution in [0.3, 0.4) is 0 Å². The number of carbonyl (C=O) groups excluding carboxylic acids is 1. The normalized spacial score (nSPS) is 22.4. The summed E-state index contributed by atoms with van der Waals surface area (Å²) in [5.74, 6) is 0.407. The monoisotopic (exact) mass is 216 g/mol. The Bertz CT molecular complexity index is 418. The molecule has 2 rings (SSSR count). The van der Waals surface area contributed by atoms with Gasteiger partial charge in [0.15, 0.2) is 0 Å². The van der Waals surface area contributed by atoms with Crippen molar-refractivity contribution in [3.05, 3.63) is 42.5 Å². The van der Waals surface area contributed by atoms with Crippen LogP contribution in [0.25, 0.3) is 0 Å². The number of hydrogen-bond acceptors (Lipinski definition) is 2. The van der Waals surface area contributed by atoms with Crippen LogP contribution in [0.4, 0.5) is 0 Å². The highest BCUT2D eigenvalue weighted by Crippen LogP contribution is 2.50. The quantitative estimate of drug-likeness (QED) is 0.431. The third-order valence-corrected chi connectivity index (χ3v) is 3.48. The van der Waals surface area contributed by atoms with Crippen LogP contribution in [-0.2, 0) is 4.79 Å². The molecule has 0 aromatic heterocycles. The fraction of sp³-hybridized carbons (Fsp3) is 0.357. The first-order valence-corrected chi connectivity index (χ1v) is 5.47. The summed E-state index contributed by atoms with van der Waals surface area (Å²) in [7, 11) is 0. The summed E-state index contributed by atoms with van der Waals surface area (Å²) in [5, 5.41) is 0. The maximum Gasteiger partial charge on any atom is 0.315 e. The molecule has 0 heterocycles. The van der Waals surface area contributed by atoms with Crippen LogP contribution < -0.4 is 4.74 Å². The van der Waals surface area contributed by atoms with Gasteiger partial charge in [-0.3, -0.25) is 4.79 Å². The van der Waals surface area contributed by atoms with E-state index in [0.717, 1.165) is 12.0 Å². The SMILES string of the molecule is C=C1CC(C(=O)Oc2ccccc2)C1(C)C. The van der Waals surface area contributed by atoms with Crippen molar-refractivity contribution >= 4 is 5.97 Å². The predicted octanol–water partition coefficient (Wildman–Crippen LogP) is 3.19. The summed E-state index contributed by atoms with van der Waals surface area (Å²) in [4.78, 5) is 11.9. The van der Waals surface area contributed by atoms with Crippen LogP contribution in [0.15, 0.2) is 42.5 Å². The minimum absolute atomic E-state index is 0.0554. The highest BCUT2D eigenvalue weighted by atomic mass is 16.5. The summed E-state index contributed by atoms with van der Waals surface area (Å²) in [6.07, 6.45) is 0.749. The van der Waals surface area contributed by atoms with E-state index >= 15 is 0 Å². The lowest BCUT2D eigenvalue weighted by Gasteiger charge is -2.44. The van der Waals surface area contributed by atoms with Crippen molar-refractivity contribution in [2.75, 3.05) is 0 Å². The third-order valence-electron chi connectivity index (χ3n) is 3.48. The molecule has 0 bridgehead atoms. The first-order chi connectivity index (χ1) is 7.51. The lowest BCUT2D eigenvalue weighted by molar-refractivity contribution is -0.145. The maximum absolute atomic E-state index is 11.9. The van der Waals surface area contributed by atoms with E-state index in [0.29, 0.717) is 5.75 Å².